The zero-order valence-corrected chi connectivity index (χ0v) is 10.2. The predicted octanol–water partition coefficient (Wildman–Crippen LogP) is 3.60. The molecule has 0 aliphatic heterocycles. The van der Waals surface area contributed by atoms with Gasteiger partial charge >= 0.3 is 0 Å². The highest BCUT2D eigenvalue weighted by Gasteiger charge is 2.20. The third-order valence-electron chi connectivity index (χ3n) is 2.35. The summed E-state index contributed by atoms with van der Waals surface area (Å²) in [6, 6.07) is 5.52. The van der Waals surface area contributed by atoms with Crippen LogP contribution >= 0.6 is 15.9 Å². The maximum absolute atomic E-state index is 13.5. The van der Waals surface area contributed by atoms with Crippen molar-refractivity contribution in [2.24, 2.45) is 0 Å². The molecule has 0 radical (unpaired) electrons. The van der Waals surface area contributed by atoms with Crippen LogP contribution in [-0.2, 0) is 6.42 Å². The second-order valence-electron chi connectivity index (χ2n) is 3.58. The van der Waals surface area contributed by atoms with E-state index in [2.05, 4.69) is 15.9 Å². The van der Waals surface area contributed by atoms with Crippen molar-refractivity contribution in [3.05, 3.63) is 58.0 Å². The standard InChI is InChI=1S/C12H9BrF2O2/c13-7-4-9(14)12(10(15)5-7)11(16)6-8-2-1-3-17-8/h1-5,11,16H,6H2. The molecule has 5 heteroatoms. The topological polar surface area (TPSA) is 33.4 Å². The van der Waals surface area contributed by atoms with Crippen molar-refractivity contribution < 1.29 is 18.3 Å². The lowest BCUT2D eigenvalue weighted by Gasteiger charge is -2.12. The van der Waals surface area contributed by atoms with Crippen molar-refractivity contribution in [3.8, 4) is 0 Å². The number of benzene rings is 1. The summed E-state index contributed by atoms with van der Waals surface area (Å²) in [5.41, 5.74) is -0.343. The fourth-order valence-corrected chi connectivity index (χ4v) is 2.00. The van der Waals surface area contributed by atoms with Gasteiger partial charge in [0.25, 0.3) is 0 Å². The molecule has 0 aliphatic rings. The Morgan fingerprint density at radius 2 is 1.94 bits per heavy atom. The number of aliphatic hydroxyl groups excluding tert-OH is 1. The lowest BCUT2D eigenvalue weighted by Crippen LogP contribution is -2.07. The van der Waals surface area contributed by atoms with Crippen molar-refractivity contribution in [2.75, 3.05) is 0 Å². The summed E-state index contributed by atoms with van der Waals surface area (Å²) in [7, 11) is 0. The van der Waals surface area contributed by atoms with E-state index >= 15 is 0 Å². The molecule has 2 nitrogen and oxygen atoms in total. The van der Waals surface area contributed by atoms with E-state index in [-0.39, 0.29) is 12.0 Å². The van der Waals surface area contributed by atoms with Crippen molar-refractivity contribution in [1.29, 1.82) is 0 Å². The van der Waals surface area contributed by atoms with Crippen LogP contribution in [0.2, 0.25) is 0 Å². The SMILES string of the molecule is OC(Cc1ccco1)c1c(F)cc(Br)cc1F. The molecule has 0 saturated carbocycles. The molecule has 0 bridgehead atoms. The van der Waals surface area contributed by atoms with Crippen LogP contribution in [-0.4, -0.2) is 5.11 Å². The van der Waals surface area contributed by atoms with E-state index in [9.17, 15) is 13.9 Å². The van der Waals surface area contributed by atoms with Gasteiger partial charge in [0.1, 0.15) is 17.4 Å². The van der Waals surface area contributed by atoms with Crippen molar-refractivity contribution in [2.45, 2.75) is 12.5 Å². The Morgan fingerprint density at radius 3 is 2.47 bits per heavy atom. The molecule has 1 atom stereocenters. The average Bonchev–Trinajstić information content (AvgIpc) is 2.68. The Labute approximate surface area is 105 Å². The van der Waals surface area contributed by atoms with Gasteiger partial charge in [0, 0.05) is 10.9 Å². The van der Waals surface area contributed by atoms with Crippen LogP contribution < -0.4 is 0 Å². The van der Waals surface area contributed by atoms with Crippen molar-refractivity contribution in [1.82, 2.24) is 0 Å². The van der Waals surface area contributed by atoms with Gasteiger partial charge in [-0.3, -0.25) is 0 Å². The highest BCUT2D eigenvalue weighted by molar-refractivity contribution is 9.10. The van der Waals surface area contributed by atoms with Gasteiger partial charge in [0.15, 0.2) is 0 Å². The van der Waals surface area contributed by atoms with Crippen LogP contribution in [0.4, 0.5) is 8.78 Å². The maximum atomic E-state index is 13.5. The van der Waals surface area contributed by atoms with Gasteiger partial charge in [-0.1, -0.05) is 15.9 Å². The Kier molecular flexibility index (Phi) is 3.59. The Bertz CT molecular complexity index is 488. The molecule has 0 saturated heterocycles. The number of rotatable bonds is 3. The molecule has 2 rings (SSSR count). The summed E-state index contributed by atoms with van der Waals surface area (Å²) >= 11 is 2.98. The number of furan rings is 1. The monoisotopic (exact) mass is 302 g/mol. The molecule has 0 fully saturated rings. The molecule has 2 aromatic rings. The van der Waals surface area contributed by atoms with Gasteiger partial charge in [-0.2, -0.15) is 0 Å². The molecule has 0 amide bonds. The van der Waals surface area contributed by atoms with E-state index in [0.29, 0.717) is 10.2 Å². The van der Waals surface area contributed by atoms with Gasteiger partial charge in [0.2, 0.25) is 0 Å². The van der Waals surface area contributed by atoms with Gasteiger partial charge in [0.05, 0.1) is 17.9 Å². The summed E-state index contributed by atoms with van der Waals surface area (Å²) in [5, 5.41) is 9.79. The molecule has 0 aliphatic carbocycles. The first kappa shape index (κ1) is 12.3. The van der Waals surface area contributed by atoms with Gasteiger partial charge < -0.3 is 9.52 Å². The van der Waals surface area contributed by atoms with Crippen molar-refractivity contribution >= 4 is 15.9 Å². The molecule has 17 heavy (non-hydrogen) atoms. The summed E-state index contributed by atoms with van der Waals surface area (Å²) in [6.45, 7) is 0. The fourth-order valence-electron chi connectivity index (χ4n) is 1.59. The summed E-state index contributed by atoms with van der Waals surface area (Å²) in [5.74, 6) is -1.09. The van der Waals surface area contributed by atoms with Crippen LogP contribution in [0.15, 0.2) is 39.4 Å². The predicted molar refractivity (Wildman–Crippen MR) is 61.4 cm³/mol. The van der Waals surface area contributed by atoms with E-state index in [0.717, 1.165) is 12.1 Å². The first-order chi connectivity index (χ1) is 8.08. The third kappa shape index (κ3) is 2.73. The van der Waals surface area contributed by atoms with E-state index < -0.39 is 17.7 Å². The van der Waals surface area contributed by atoms with E-state index in [1.165, 1.54) is 6.26 Å². The number of halogens is 3. The van der Waals surface area contributed by atoms with Crippen LogP contribution in [0, 0.1) is 11.6 Å². The molecule has 1 aromatic carbocycles. The maximum Gasteiger partial charge on any atom is 0.133 e. The zero-order valence-electron chi connectivity index (χ0n) is 8.66. The fraction of sp³-hybridized carbons (Fsp3) is 0.167. The minimum atomic E-state index is -1.27. The van der Waals surface area contributed by atoms with Crippen LogP contribution in [0.3, 0.4) is 0 Å². The van der Waals surface area contributed by atoms with Gasteiger partial charge in [-0.15, -0.1) is 0 Å². The Balaban J connectivity index is 2.27. The lowest BCUT2D eigenvalue weighted by atomic mass is 10.0. The molecule has 1 heterocycles. The molecule has 1 N–H and O–H groups in total. The second kappa shape index (κ2) is 4.98. The summed E-state index contributed by atoms with van der Waals surface area (Å²) in [6.07, 6.45) is 0.202. The summed E-state index contributed by atoms with van der Waals surface area (Å²) < 4.78 is 32.4. The average molecular weight is 303 g/mol. The summed E-state index contributed by atoms with van der Waals surface area (Å²) in [4.78, 5) is 0. The van der Waals surface area contributed by atoms with E-state index in [1.807, 2.05) is 0 Å². The number of aliphatic hydroxyl groups is 1. The number of hydrogen-bond donors (Lipinski definition) is 1. The Morgan fingerprint density at radius 1 is 1.29 bits per heavy atom. The van der Waals surface area contributed by atoms with Crippen LogP contribution in [0.1, 0.15) is 17.4 Å². The molecule has 1 unspecified atom stereocenters. The second-order valence-corrected chi connectivity index (χ2v) is 4.50. The van der Waals surface area contributed by atoms with Crippen molar-refractivity contribution in [3.63, 3.8) is 0 Å². The quantitative estimate of drug-likeness (QED) is 0.940. The molecular weight excluding hydrogens is 294 g/mol. The van der Waals surface area contributed by atoms with E-state index in [1.54, 1.807) is 12.1 Å². The van der Waals surface area contributed by atoms with Gasteiger partial charge in [-0.05, 0) is 24.3 Å². The third-order valence-corrected chi connectivity index (χ3v) is 2.81. The largest absolute Gasteiger partial charge is 0.469 e. The normalized spacial score (nSPS) is 12.7. The smallest absolute Gasteiger partial charge is 0.133 e. The van der Waals surface area contributed by atoms with Crippen LogP contribution in [0.25, 0.3) is 0 Å². The Hall–Kier alpha value is -1.20. The highest BCUT2D eigenvalue weighted by atomic mass is 79.9. The minimum Gasteiger partial charge on any atom is -0.469 e. The molecular formula is C12H9BrF2O2. The molecule has 90 valence electrons. The lowest BCUT2D eigenvalue weighted by molar-refractivity contribution is 0.161. The zero-order chi connectivity index (χ0) is 12.4. The van der Waals surface area contributed by atoms with E-state index in [4.69, 9.17) is 4.42 Å². The van der Waals surface area contributed by atoms with Gasteiger partial charge in [-0.25, -0.2) is 8.78 Å². The molecule has 1 aromatic heterocycles. The first-order valence-corrected chi connectivity index (χ1v) is 5.72. The first-order valence-electron chi connectivity index (χ1n) is 4.93. The van der Waals surface area contributed by atoms with Crippen LogP contribution in [0.5, 0.6) is 0 Å². The minimum absolute atomic E-state index is 0.0302. The highest BCUT2D eigenvalue weighted by Crippen LogP contribution is 2.27. The number of hydrogen-bond acceptors (Lipinski definition) is 2. The molecule has 0 spiro atoms.